The molecule has 0 bridgehead atoms. The average Bonchev–Trinajstić information content (AvgIpc) is 2.93. The van der Waals surface area contributed by atoms with Crippen LogP contribution >= 0.6 is 12.6 Å². The molecule has 47 heavy (non-hydrogen) atoms. The molecule has 0 aromatic carbocycles. The summed E-state index contributed by atoms with van der Waals surface area (Å²) in [6, 6.07) is 0. The van der Waals surface area contributed by atoms with Crippen LogP contribution in [0.15, 0.2) is 17.6 Å². The molecule has 0 aliphatic heterocycles. The number of esters is 1. The number of hydrogen-bond acceptors (Lipinski definition) is 7. The number of rotatable bonds is 19. The predicted molar refractivity (Wildman–Crippen MR) is 202 cm³/mol. The van der Waals surface area contributed by atoms with Crippen LogP contribution in [0.4, 0.5) is 4.79 Å². The van der Waals surface area contributed by atoms with E-state index in [-0.39, 0.29) is 36.4 Å². The predicted octanol–water partition coefficient (Wildman–Crippen LogP) is 8.29. The van der Waals surface area contributed by atoms with Crippen molar-refractivity contribution in [1.82, 2.24) is 4.90 Å². The number of amidine groups is 1. The van der Waals surface area contributed by atoms with Crippen LogP contribution in [0.3, 0.4) is 0 Å². The van der Waals surface area contributed by atoms with Crippen LogP contribution in [0.5, 0.6) is 0 Å². The van der Waals surface area contributed by atoms with E-state index >= 15 is 0 Å². The highest BCUT2D eigenvalue weighted by molar-refractivity contribution is 7.80. The van der Waals surface area contributed by atoms with Gasteiger partial charge in [0.25, 0.3) is 0 Å². The molecule has 2 radical (unpaired) electrons. The second-order valence-electron chi connectivity index (χ2n) is 17.5. The zero-order valence-corrected chi connectivity index (χ0v) is 33.7. The van der Waals surface area contributed by atoms with E-state index in [2.05, 4.69) is 74.6 Å². The fourth-order valence-electron chi connectivity index (χ4n) is 5.93. The molecule has 272 valence electrons. The fourth-order valence-corrected chi connectivity index (χ4v) is 6.01. The number of carbonyl (C=O) groups is 2. The Balaban J connectivity index is 7.32. The number of amides is 1. The van der Waals surface area contributed by atoms with Gasteiger partial charge in [-0.25, -0.2) is 4.79 Å². The van der Waals surface area contributed by atoms with Gasteiger partial charge in [0.1, 0.15) is 6.61 Å². The van der Waals surface area contributed by atoms with E-state index < -0.39 is 39.3 Å². The number of thiol groups is 1. The highest BCUT2D eigenvalue weighted by Crippen LogP contribution is 2.62. The maximum atomic E-state index is 14.4. The van der Waals surface area contributed by atoms with E-state index in [1.807, 2.05) is 41.5 Å². The van der Waals surface area contributed by atoms with E-state index in [0.29, 0.717) is 31.2 Å². The summed E-state index contributed by atoms with van der Waals surface area (Å²) in [5, 5.41) is -1.18. The Labute approximate surface area is 295 Å². The summed E-state index contributed by atoms with van der Waals surface area (Å²) >= 11 is 4.49. The molecule has 0 saturated carbocycles. The molecule has 10 heteroatoms. The summed E-state index contributed by atoms with van der Waals surface area (Å²) in [6.45, 7) is 33.6. The van der Waals surface area contributed by atoms with Crippen molar-refractivity contribution in [3.8, 4) is 0 Å². The summed E-state index contributed by atoms with van der Waals surface area (Å²) in [7, 11) is 9.05. The Morgan fingerprint density at radius 3 is 1.94 bits per heavy atom. The van der Waals surface area contributed by atoms with E-state index in [0.717, 1.165) is 12.8 Å². The molecule has 0 fully saturated rings. The van der Waals surface area contributed by atoms with E-state index in [1.165, 1.54) is 0 Å². The van der Waals surface area contributed by atoms with Crippen molar-refractivity contribution in [1.29, 1.82) is 0 Å². The molecule has 0 aliphatic carbocycles. The van der Waals surface area contributed by atoms with Gasteiger partial charge in [0.05, 0.1) is 43.4 Å². The van der Waals surface area contributed by atoms with E-state index in [9.17, 15) is 9.59 Å². The molecule has 0 heterocycles. The minimum atomic E-state index is -1.31. The molecule has 0 spiro atoms. The average molecular weight is 680 g/mol. The smallest absolute Gasteiger partial charge is 0.410 e. The van der Waals surface area contributed by atoms with Gasteiger partial charge < -0.3 is 19.9 Å². The number of aliphatic imine (C=N–C) groups is 1. The van der Waals surface area contributed by atoms with Crippen molar-refractivity contribution in [2.45, 2.75) is 139 Å². The van der Waals surface area contributed by atoms with E-state index in [1.54, 1.807) is 18.1 Å². The van der Waals surface area contributed by atoms with Gasteiger partial charge in [-0.1, -0.05) is 81.7 Å². The molecule has 4 unspecified atom stereocenters. The second kappa shape index (κ2) is 17.3. The van der Waals surface area contributed by atoms with Gasteiger partial charge in [0.15, 0.2) is 0 Å². The van der Waals surface area contributed by atoms with Crippen molar-refractivity contribution < 1.29 is 23.8 Å². The van der Waals surface area contributed by atoms with Crippen LogP contribution in [0.25, 0.3) is 0 Å². The highest BCUT2D eigenvalue weighted by atomic mass is 32.1. The topological polar surface area (TPSA) is 103 Å². The number of unbranched alkanes of at least 4 members (excludes halogenated alkanes) is 1. The van der Waals surface area contributed by atoms with Crippen LogP contribution in [-0.2, 0) is 19.0 Å². The Bertz CT molecular complexity index is 1060. The lowest BCUT2D eigenvalue weighted by Crippen LogP contribution is -2.58. The van der Waals surface area contributed by atoms with Crippen molar-refractivity contribution in [2.75, 3.05) is 39.2 Å². The third-order valence-electron chi connectivity index (χ3n) is 9.80. The second-order valence-corrected chi connectivity index (χ2v) is 17.8. The molecular formula is C37H70BN3O5S. The first-order valence-corrected chi connectivity index (χ1v) is 17.7. The monoisotopic (exact) mass is 680 g/mol. The summed E-state index contributed by atoms with van der Waals surface area (Å²) in [6.07, 6.45) is 3.61. The molecule has 4 atom stereocenters. The summed E-state index contributed by atoms with van der Waals surface area (Å²) in [5.74, 6) is 0.442. The van der Waals surface area contributed by atoms with Crippen LogP contribution in [0.1, 0.15) is 123 Å². The minimum Gasteiger partial charge on any atom is -0.463 e. The van der Waals surface area contributed by atoms with Gasteiger partial charge >= 0.3 is 12.1 Å². The Morgan fingerprint density at radius 1 is 0.957 bits per heavy atom. The third kappa shape index (κ3) is 12.6. The minimum absolute atomic E-state index is 0.0695. The first-order chi connectivity index (χ1) is 21.1. The van der Waals surface area contributed by atoms with Gasteiger partial charge in [-0.2, -0.15) is 12.6 Å². The van der Waals surface area contributed by atoms with Gasteiger partial charge in [-0.05, 0) is 68.5 Å². The standard InChI is InChI=1S/C37H70BN3O5S/c1-17-19-20-46-30(43)41(25-31(3,4)5)35(13,18-2)24-36(14,29(42)45-22-21-44-16)37(15,38)33(9,10)23-27(32(6,7)8)28(39)40-34(11,12)26-47/h18,27,47H,2,17,19-26H2,1,3-16H3,(H2,39,40). The van der Waals surface area contributed by atoms with Gasteiger partial charge in [0.2, 0.25) is 0 Å². The van der Waals surface area contributed by atoms with Crippen LogP contribution in [-0.4, -0.2) is 81.0 Å². The number of nitrogens with zero attached hydrogens (tertiary/aromatic N) is 2. The molecule has 2 N–H and O–H groups in total. The first-order valence-electron chi connectivity index (χ1n) is 17.1. The Hall–Kier alpha value is -1.68. The lowest BCUT2D eigenvalue weighted by molar-refractivity contribution is -0.164. The molecule has 0 rings (SSSR count). The summed E-state index contributed by atoms with van der Waals surface area (Å²) < 4.78 is 16.8. The third-order valence-corrected chi connectivity index (χ3v) is 10.6. The molecule has 0 aromatic heterocycles. The quantitative estimate of drug-likeness (QED) is 0.0271. The lowest BCUT2D eigenvalue weighted by Gasteiger charge is -2.57. The normalized spacial score (nSPS) is 17.9. The molecule has 0 aromatic rings. The summed E-state index contributed by atoms with van der Waals surface area (Å²) in [5.41, 5.74) is 2.77. The maximum Gasteiger partial charge on any atom is 0.410 e. The van der Waals surface area contributed by atoms with Crippen molar-refractivity contribution in [3.05, 3.63) is 12.7 Å². The molecule has 1 amide bonds. The number of hydrogen-bond donors (Lipinski definition) is 2. The number of nitrogens with two attached hydrogens (primary N) is 1. The highest BCUT2D eigenvalue weighted by Gasteiger charge is 2.59. The Kier molecular flexibility index (Phi) is 16.7. The van der Waals surface area contributed by atoms with Crippen LogP contribution in [0.2, 0.25) is 5.31 Å². The molecular weight excluding hydrogens is 609 g/mol. The Morgan fingerprint density at radius 2 is 1.51 bits per heavy atom. The zero-order valence-electron chi connectivity index (χ0n) is 32.8. The van der Waals surface area contributed by atoms with Gasteiger partial charge in [-0.15, -0.1) is 6.58 Å². The largest absolute Gasteiger partial charge is 0.463 e. The first kappa shape index (κ1) is 45.3. The van der Waals surface area contributed by atoms with Crippen molar-refractivity contribution in [2.24, 2.45) is 38.3 Å². The number of carbonyl (C=O) groups excluding carboxylic acids is 2. The number of ether oxygens (including phenoxy) is 3. The van der Waals surface area contributed by atoms with Crippen LogP contribution < -0.4 is 5.73 Å². The lowest BCUT2D eigenvalue weighted by atomic mass is 9.40. The van der Waals surface area contributed by atoms with Crippen molar-refractivity contribution >= 4 is 38.4 Å². The van der Waals surface area contributed by atoms with E-state index in [4.69, 9.17) is 32.8 Å². The fraction of sp³-hybridized carbons (Fsp3) is 0.865. The zero-order chi connectivity index (χ0) is 37.3. The van der Waals surface area contributed by atoms with Crippen molar-refractivity contribution in [3.63, 3.8) is 0 Å². The number of methoxy groups -OCH3 is 1. The SMILES string of the molecule is [B]C(C)(C(C)(C)CC(C(N)=NC(C)(C)CS)C(C)(C)C)C(C)(CC(C)(C=C)N(CC(C)(C)C)C(=O)OCCCC)C(=O)OCCOC. The molecule has 8 nitrogen and oxygen atoms in total. The molecule has 0 aliphatic rings. The summed E-state index contributed by atoms with van der Waals surface area (Å²) in [4.78, 5) is 34.7. The van der Waals surface area contributed by atoms with Gasteiger partial charge in [0, 0.05) is 25.3 Å². The van der Waals surface area contributed by atoms with Crippen LogP contribution in [0, 0.1) is 27.6 Å². The van der Waals surface area contributed by atoms with Gasteiger partial charge in [-0.3, -0.25) is 14.7 Å². The maximum absolute atomic E-state index is 14.4. The molecule has 0 saturated heterocycles.